The van der Waals surface area contributed by atoms with E-state index in [-0.39, 0.29) is 0 Å². The molecule has 1 aliphatic heterocycles. The van der Waals surface area contributed by atoms with E-state index in [0.29, 0.717) is 0 Å². The van der Waals surface area contributed by atoms with E-state index >= 15 is 0 Å². The van der Waals surface area contributed by atoms with Gasteiger partial charge in [0.1, 0.15) is 0 Å². The minimum absolute atomic E-state index is 0.722. The van der Waals surface area contributed by atoms with Crippen LogP contribution in [0.2, 0.25) is 0 Å². The molecule has 1 rings (SSSR count). The first-order valence-electron chi connectivity index (χ1n) is 3.06. The molecule has 1 atom stereocenters. The summed E-state index contributed by atoms with van der Waals surface area (Å²) in [7, 11) is 2.13. The highest BCUT2D eigenvalue weighted by molar-refractivity contribution is 5.07. The molecule has 1 heteroatoms. The standard InChI is InChI=1S/C7H13N/c1-6-4-8(3)5-7(6)2/h7H,1,4-5H2,2-3H3/t7-/m0/s1. The SMILES string of the molecule is C=C1CN(C)C[C@@H]1C. The van der Waals surface area contributed by atoms with Crippen LogP contribution in [0.25, 0.3) is 0 Å². The average molecular weight is 111 g/mol. The first kappa shape index (κ1) is 5.83. The second-order valence-electron chi connectivity index (χ2n) is 2.76. The molecule has 1 heterocycles. The Morgan fingerprint density at radius 1 is 1.75 bits per heavy atom. The van der Waals surface area contributed by atoms with E-state index in [2.05, 4.69) is 25.5 Å². The lowest BCUT2D eigenvalue weighted by Gasteiger charge is -2.02. The van der Waals surface area contributed by atoms with E-state index in [9.17, 15) is 0 Å². The molecule has 0 aromatic rings. The lowest BCUT2D eigenvalue weighted by atomic mass is 10.1. The van der Waals surface area contributed by atoms with Crippen LogP contribution in [-0.2, 0) is 0 Å². The van der Waals surface area contributed by atoms with Crippen molar-refractivity contribution in [3.05, 3.63) is 12.2 Å². The van der Waals surface area contributed by atoms with Crippen molar-refractivity contribution < 1.29 is 0 Å². The summed E-state index contributed by atoms with van der Waals surface area (Å²) in [5, 5.41) is 0. The highest BCUT2D eigenvalue weighted by atomic mass is 15.1. The minimum atomic E-state index is 0.722. The number of likely N-dealkylation sites (tertiary alicyclic amines) is 1. The Morgan fingerprint density at radius 2 is 2.38 bits per heavy atom. The van der Waals surface area contributed by atoms with Crippen LogP contribution >= 0.6 is 0 Å². The highest BCUT2D eigenvalue weighted by Crippen LogP contribution is 2.17. The lowest BCUT2D eigenvalue weighted by Crippen LogP contribution is -2.12. The van der Waals surface area contributed by atoms with Gasteiger partial charge in [0, 0.05) is 13.1 Å². The van der Waals surface area contributed by atoms with Crippen molar-refractivity contribution in [3.63, 3.8) is 0 Å². The fourth-order valence-electron chi connectivity index (χ4n) is 1.16. The summed E-state index contributed by atoms with van der Waals surface area (Å²) in [5.41, 5.74) is 1.38. The fourth-order valence-corrected chi connectivity index (χ4v) is 1.16. The molecule has 0 spiro atoms. The molecule has 8 heavy (non-hydrogen) atoms. The Balaban J connectivity index is 2.51. The number of hydrogen-bond donors (Lipinski definition) is 0. The monoisotopic (exact) mass is 111 g/mol. The predicted molar refractivity (Wildman–Crippen MR) is 35.8 cm³/mol. The Morgan fingerprint density at radius 3 is 2.50 bits per heavy atom. The van der Waals surface area contributed by atoms with Gasteiger partial charge in [0.25, 0.3) is 0 Å². The van der Waals surface area contributed by atoms with Crippen molar-refractivity contribution in [2.75, 3.05) is 20.1 Å². The zero-order valence-corrected chi connectivity index (χ0v) is 5.65. The van der Waals surface area contributed by atoms with E-state index in [0.717, 1.165) is 12.5 Å². The molecular weight excluding hydrogens is 98.1 g/mol. The number of nitrogens with zero attached hydrogens (tertiary/aromatic N) is 1. The van der Waals surface area contributed by atoms with Crippen molar-refractivity contribution in [2.24, 2.45) is 5.92 Å². The molecular formula is C7H13N. The van der Waals surface area contributed by atoms with Crippen LogP contribution in [0.4, 0.5) is 0 Å². The highest BCUT2D eigenvalue weighted by Gasteiger charge is 2.17. The molecule has 0 unspecified atom stereocenters. The zero-order chi connectivity index (χ0) is 6.15. The van der Waals surface area contributed by atoms with Crippen molar-refractivity contribution in [1.82, 2.24) is 4.90 Å². The van der Waals surface area contributed by atoms with Crippen molar-refractivity contribution in [2.45, 2.75) is 6.92 Å². The third kappa shape index (κ3) is 0.920. The third-order valence-electron chi connectivity index (χ3n) is 1.76. The molecule has 1 fully saturated rings. The summed E-state index contributed by atoms with van der Waals surface area (Å²) < 4.78 is 0. The third-order valence-corrected chi connectivity index (χ3v) is 1.76. The Hall–Kier alpha value is -0.300. The van der Waals surface area contributed by atoms with Gasteiger partial charge in [0.15, 0.2) is 0 Å². The molecule has 1 saturated heterocycles. The van der Waals surface area contributed by atoms with Gasteiger partial charge in [-0.25, -0.2) is 0 Å². The first-order valence-corrected chi connectivity index (χ1v) is 3.06. The molecule has 1 nitrogen and oxygen atoms in total. The minimum Gasteiger partial charge on any atom is -0.302 e. The van der Waals surface area contributed by atoms with Crippen LogP contribution in [0.1, 0.15) is 6.92 Å². The molecule has 46 valence electrons. The normalized spacial score (nSPS) is 31.8. The van der Waals surface area contributed by atoms with E-state index < -0.39 is 0 Å². The van der Waals surface area contributed by atoms with E-state index in [4.69, 9.17) is 0 Å². The smallest absolute Gasteiger partial charge is 0.0190 e. The van der Waals surface area contributed by atoms with Gasteiger partial charge in [-0.15, -0.1) is 0 Å². The molecule has 1 aliphatic rings. The summed E-state index contributed by atoms with van der Waals surface area (Å²) in [6, 6.07) is 0. The molecule has 0 aromatic carbocycles. The maximum Gasteiger partial charge on any atom is 0.0190 e. The van der Waals surface area contributed by atoms with Gasteiger partial charge in [-0.3, -0.25) is 0 Å². The van der Waals surface area contributed by atoms with Gasteiger partial charge in [-0.1, -0.05) is 19.1 Å². The second kappa shape index (κ2) is 1.90. The summed E-state index contributed by atoms with van der Waals surface area (Å²) in [4.78, 5) is 2.30. The molecule has 0 N–H and O–H groups in total. The Labute approximate surface area is 51.0 Å². The van der Waals surface area contributed by atoms with Crippen molar-refractivity contribution in [1.29, 1.82) is 0 Å². The molecule has 0 radical (unpaired) electrons. The molecule has 0 amide bonds. The van der Waals surface area contributed by atoms with Crippen molar-refractivity contribution >= 4 is 0 Å². The zero-order valence-electron chi connectivity index (χ0n) is 5.65. The van der Waals surface area contributed by atoms with Crippen LogP contribution < -0.4 is 0 Å². The first-order chi connectivity index (χ1) is 3.70. The molecule has 0 aliphatic carbocycles. The molecule has 0 aromatic heterocycles. The fraction of sp³-hybridized carbons (Fsp3) is 0.714. The predicted octanol–water partition coefficient (Wildman–Crippen LogP) is 1.12. The summed E-state index contributed by atoms with van der Waals surface area (Å²) >= 11 is 0. The molecule has 0 bridgehead atoms. The Bertz CT molecular complexity index is 107. The topological polar surface area (TPSA) is 3.24 Å². The van der Waals surface area contributed by atoms with Crippen LogP contribution in [0.15, 0.2) is 12.2 Å². The van der Waals surface area contributed by atoms with Gasteiger partial charge in [-0.05, 0) is 13.0 Å². The van der Waals surface area contributed by atoms with E-state index in [1.807, 2.05) is 0 Å². The number of hydrogen-bond acceptors (Lipinski definition) is 1. The lowest BCUT2D eigenvalue weighted by molar-refractivity contribution is 0.403. The Kier molecular flexibility index (Phi) is 1.39. The average Bonchev–Trinajstić information content (AvgIpc) is 1.85. The van der Waals surface area contributed by atoms with Crippen LogP contribution in [0.3, 0.4) is 0 Å². The summed E-state index contributed by atoms with van der Waals surface area (Å²) in [5.74, 6) is 0.722. The van der Waals surface area contributed by atoms with Gasteiger partial charge >= 0.3 is 0 Å². The summed E-state index contributed by atoms with van der Waals surface area (Å²) in [6.07, 6.45) is 0. The number of likely N-dealkylation sites (N-methyl/N-ethyl adjacent to an activating group) is 1. The van der Waals surface area contributed by atoms with Gasteiger partial charge in [-0.2, -0.15) is 0 Å². The van der Waals surface area contributed by atoms with E-state index in [1.54, 1.807) is 0 Å². The largest absolute Gasteiger partial charge is 0.302 e. The van der Waals surface area contributed by atoms with Crippen molar-refractivity contribution in [3.8, 4) is 0 Å². The van der Waals surface area contributed by atoms with Gasteiger partial charge < -0.3 is 4.90 Å². The van der Waals surface area contributed by atoms with E-state index in [1.165, 1.54) is 12.1 Å². The van der Waals surface area contributed by atoms with Crippen LogP contribution in [-0.4, -0.2) is 25.0 Å². The maximum atomic E-state index is 3.94. The summed E-state index contributed by atoms with van der Waals surface area (Å²) in [6.45, 7) is 8.46. The quantitative estimate of drug-likeness (QED) is 0.423. The van der Waals surface area contributed by atoms with Crippen LogP contribution in [0.5, 0.6) is 0 Å². The van der Waals surface area contributed by atoms with Gasteiger partial charge in [0.2, 0.25) is 0 Å². The number of rotatable bonds is 0. The second-order valence-corrected chi connectivity index (χ2v) is 2.76. The van der Waals surface area contributed by atoms with Gasteiger partial charge in [0.05, 0.1) is 0 Å². The molecule has 0 saturated carbocycles. The maximum absolute atomic E-state index is 3.94. The van der Waals surface area contributed by atoms with Crippen LogP contribution in [0, 0.1) is 5.92 Å².